The fourth-order valence-corrected chi connectivity index (χ4v) is 4.06. The van der Waals surface area contributed by atoms with E-state index in [1.54, 1.807) is 0 Å². The Morgan fingerprint density at radius 1 is 1.20 bits per heavy atom. The molecule has 2 rings (SSSR count). The lowest BCUT2D eigenvalue weighted by Gasteiger charge is -2.27. The molecule has 82 valence electrons. The number of ether oxygens (including phenoxy) is 1. The molecule has 15 heavy (non-hydrogen) atoms. The topological polar surface area (TPSA) is 9.23 Å². The Morgan fingerprint density at radius 3 is 2.67 bits per heavy atom. The highest BCUT2D eigenvalue weighted by Gasteiger charge is 2.22. The second kappa shape index (κ2) is 5.83. The Labute approximate surface area is 100.0 Å². The van der Waals surface area contributed by atoms with E-state index >= 15 is 0 Å². The molecule has 1 aliphatic heterocycles. The van der Waals surface area contributed by atoms with Crippen LogP contribution < -0.4 is 0 Å². The Morgan fingerprint density at radius 2 is 1.93 bits per heavy atom. The van der Waals surface area contributed by atoms with Gasteiger partial charge in [0.15, 0.2) is 0 Å². The summed E-state index contributed by atoms with van der Waals surface area (Å²) in [6, 6.07) is 10.4. The van der Waals surface area contributed by atoms with Crippen molar-refractivity contribution in [1.29, 1.82) is 0 Å². The summed E-state index contributed by atoms with van der Waals surface area (Å²) in [6.07, 6.45) is 0. The predicted octanol–water partition coefficient (Wildman–Crippen LogP) is 3.40. The van der Waals surface area contributed by atoms with E-state index in [0.29, 0.717) is 10.7 Å². The van der Waals surface area contributed by atoms with Gasteiger partial charge in [-0.05, 0) is 12.5 Å². The number of rotatable bonds is 3. The quantitative estimate of drug-likeness (QED) is 0.801. The van der Waals surface area contributed by atoms with E-state index < -0.39 is 0 Å². The standard InChI is InChI=1S/C12H16OS2/c1-10-12(15-8-7-14-10)13-9-11-5-3-2-4-6-11/h2-6,10,12H,7-9H2,1H3. The van der Waals surface area contributed by atoms with Gasteiger partial charge in [0.05, 0.1) is 6.61 Å². The predicted molar refractivity (Wildman–Crippen MR) is 69.4 cm³/mol. The highest BCUT2D eigenvalue weighted by Crippen LogP contribution is 2.32. The lowest BCUT2D eigenvalue weighted by atomic mass is 10.2. The van der Waals surface area contributed by atoms with Crippen LogP contribution in [-0.4, -0.2) is 22.2 Å². The molecule has 1 nitrogen and oxygen atoms in total. The van der Waals surface area contributed by atoms with Crippen molar-refractivity contribution < 1.29 is 4.74 Å². The van der Waals surface area contributed by atoms with Crippen LogP contribution in [0.25, 0.3) is 0 Å². The zero-order valence-electron chi connectivity index (χ0n) is 8.89. The van der Waals surface area contributed by atoms with Crippen LogP contribution in [0.4, 0.5) is 0 Å². The molecule has 1 aliphatic rings. The maximum atomic E-state index is 5.92. The molecule has 3 heteroatoms. The molecule has 0 N–H and O–H groups in total. The van der Waals surface area contributed by atoms with Crippen molar-refractivity contribution in [3.8, 4) is 0 Å². The van der Waals surface area contributed by atoms with Crippen LogP contribution in [0.5, 0.6) is 0 Å². The molecule has 0 saturated carbocycles. The van der Waals surface area contributed by atoms with Crippen molar-refractivity contribution in [2.75, 3.05) is 11.5 Å². The van der Waals surface area contributed by atoms with E-state index in [4.69, 9.17) is 4.74 Å². The van der Waals surface area contributed by atoms with E-state index in [2.05, 4.69) is 31.2 Å². The molecular weight excluding hydrogens is 224 g/mol. The smallest absolute Gasteiger partial charge is 0.115 e. The molecule has 1 aromatic rings. The number of hydrogen-bond donors (Lipinski definition) is 0. The molecule has 2 atom stereocenters. The maximum absolute atomic E-state index is 5.92. The van der Waals surface area contributed by atoms with Crippen molar-refractivity contribution in [3.05, 3.63) is 35.9 Å². The van der Waals surface area contributed by atoms with Gasteiger partial charge in [-0.15, -0.1) is 11.8 Å². The molecular formula is C12H16OS2. The minimum absolute atomic E-state index is 0.365. The first-order valence-corrected chi connectivity index (χ1v) is 7.35. The van der Waals surface area contributed by atoms with Crippen molar-refractivity contribution in [3.63, 3.8) is 0 Å². The number of hydrogen-bond acceptors (Lipinski definition) is 3. The van der Waals surface area contributed by atoms with E-state index in [0.717, 1.165) is 6.61 Å². The molecule has 0 spiro atoms. The normalized spacial score (nSPS) is 26.5. The summed E-state index contributed by atoms with van der Waals surface area (Å²) >= 11 is 3.96. The minimum atomic E-state index is 0.365. The van der Waals surface area contributed by atoms with Crippen LogP contribution in [0.1, 0.15) is 12.5 Å². The van der Waals surface area contributed by atoms with Crippen LogP contribution in [0.15, 0.2) is 30.3 Å². The molecule has 1 aromatic carbocycles. The summed E-state index contributed by atoms with van der Waals surface area (Å²) < 4.78 is 5.92. The number of thioether (sulfide) groups is 2. The second-order valence-electron chi connectivity index (χ2n) is 3.61. The summed E-state index contributed by atoms with van der Waals surface area (Å²) in [7, 11) is 0. The molecule has 0 aromatic heterocycles. The molecule has 0 bridgehead atoms. The Kier molecular flexibility index (Phi) is 4.42. The molecule has 1 fully saturated rings. The van der Waals surface area contributed by atoms with Crippen LogP contribution in [-0.2, 0) is 11.3 Å². The Hall–Kier alpha value is -0.120. The summed E-state index contributed by atoms with van der Waals surface area (Å²) in [5.41, 5.74) is 1.63. The van der Waals surface area contributed by atoms with Gasteiger partial charge in [-0.3, -0.25) is 0 Å². The molecule has 0 radical (unpaired) electrons. The largest absolute Gasteiger partial charge is 0.362 e. The van der Waals surface area contributed by atoms with Crippen LogP contribution in [0.3, 0.4) is 0 Å². The van der Waals surface area contributed by atoms with Gasteiger partial charge in [-0.2, -0.15) is 11.8 Å². The Bertz CT molecular complexity index is 289. The van der Waals surface area contributed by atoms with E-state index in [-0.39, 0.29) is 0 Å². The third kappa shape index (κ3) is 3.44. The maximum Gasteiger partial charge on any atom is 0.115 e. The fourth-order valence-electron chi connectivity index (χ4n) is 1.55. The third-order valence-corrected chi connectivity index (χ3v) is 5.34. The SMILES string of the molecule is CC1SCCSC1OCc1ccccc1. The zero-order valence-corrected chi connectivity index (χ0v) is 10.5. The Balaban J connectivity index is 1.82. The van der Waals surface area contributed by atoms with Gasteiger partial charge in [-0.1, -0.05) is 30.3 Å². The van der Waals surface area contributed by atoms with Gasteiger partial charge in [0.25, 0.3) is 0 Å². The van der Waals surface area contributed by atoms with Crippen LogP contribution in [0, 0.1) is 0 Å². The van der Waals surface area contributed by atoms with E-state index in [1.807, 2.05) is 29.6 Å². The van der Waals surface area contributed by atoms with Gasteiger partial charge in [0.2, 0.25) is 0 Å². The molecule has 0 amide bonds. The first-order valence-electron chi connectivity index (χ1n) is 5.25. The summed E-state index contributed by atoms with van der Waals surface area (Å²) in [5.74, 6) is 2.48. The van der Waals surface area contributed by atoms with Gasteiger partial charge < -0.3 is 4.74 Å². The van der Waals surface area contributed by atoms with Gasteiger partial charge in [-0.25, -0.2) is 0 Å². The lowest BCUT2D eigenvalue weighted by molar-refractivity contribution is 0.0996. The van der Waals surface area contributed by atoms with Gasteiger partial charge >= 0.3 is 0 Å². The average molecular weight is 240 g/mol. The van der Waals surface area contributed by atoms with Crippen molar-refractivity contribution in [2.45, 2.75) is 24.2 Å². The first kappa shape index (κ1) is 11.4. The van der Waals surface area contributed by atoms with Crippen molar-refractivity contribution in [1.82, 2.24) is 0 Å². The first-order chi connectivity index (χ1) is 7.36. The van der Waals surface area contributed by atoms with E-state index in [1.165, 1.54) is 17.1 Å². The summed E-state index contributed by atoms with van der Waals surface area (Å²) in [6.45, 7) is 3.00. The van der Waals surface area contributed by atoms with Crippen molar-refractivity contribution >= 4 is 23.5 Å². The molecule has 2 unspecified atom stereocenters. The van der Waals surface area contributed by atoms with Crippen LogP contribution in [0.2, 0.25) is 0 Å². The average Bonchev–Trinajstić information content (AvgIpc) is 2.29. The zero-order chi connectivity index (χ0) is 10.5. The fraction of sp³-hybridized carbons (Fsp3) is 0.500. The van der Waals surface area contributed by atoms with E-state index in [9.17, 15) is 0 Å². The molecule has 1 saturated heterocycles. The molecule has 0 aliphatic carbocycles. The summed E-state index contributed by atoms with van der Waals surface area (Å²) in [5, 5.41) is 0.618. The minimum Gasteiger partial charge on any atom is -0.362 e. The summed E-state index contributed by atoms with van der Waals surface area (Å²) in [4.78, 5) is 0. The highest BCUT2D eigenvalue weighted by molar-refractivity contribution is 8.07. The molecule has 1 heterocycles. The van der Waals surface area contributed by atoms with Gasteiger partial charge in [0.1, 0.15) is 5.44 Å². The highest BCUT2D eigenvalue weighted by atomic mass is 32.2. The monoisotopic (exact) mass is 240 g/mol. The number of benzene rings is 1. The second-order valence-corrected chi connectivity index (χ2v) is 6.30. The van der Waals surface area contributed by atoms with Crippen molar-refractivity contribution in [2.24, 2.45) is 0 Å². The van der Waals surface area contributed by atoms with Gasteiger partial charge in [0, 0.05) is 16.8 Å². The third-order valence-electron chi connectivity index (χ3n) is 2.39. The lowest BCUT2D eigenvalue weighted by Crippen LogP contribution is -2.25. The van der Waals surface area contributed by atoms with Crippen LogP contribution >= 0.6 is 23.5 Å².